The standard InChI is InChI=1S/C9H11NO2/c1-6-4-3-5-7(2)8(6)12-9(10)11/h3-5H,1-2H3,(H2,10,11). The molecule has 0 unspecified atom stereocenters. The van der Waals surface area contributed by atoms with Crippen molar-refractivity contribution in [2.75, 3.05) is 0 Å². The van der Waals surface area contributed by atoms with Gasteiger partial charge in [0.1, 0.15) is 5.75 Å². The first kappa shape index (κ1) is 8.59. The van der Waals surface area contributed by atoms with Crippen molar-refractivity contribution in [3.63, 3.8) is 0 Å². The van der Waals surface area contributed by atoms with E-state index in [2.05, 4.69) is 0 Å². The number of aryl methyl sites for hydroxylation is 2. The van der Waals surface area contributed by atoms with Gasteiger partial charge in [0, 0.05) is 0 Å². The lowest BCUT2D eigenvalue weighted by Crippen LogP contribution is -2.17. The smallest absolute Gasteiger partial charge is 0.409 e. The van der Waals surface area contributed by atoms with E-state index in [1.807, 2.05) is 32.0 Å². The highest BCUT2D eigenvalue weighted by Crippen LogP contribution is 2.21. The molecule has 0 heterocycles. The molecule has 2 N–H and O–H groups in total. The molecule has 0 atom stereocenters. The van der Waals surface area contributed by atoms with Crippen LogP contribution in [0.3, 0.4) is 0 Å². The Morgan fingerprint density at radius 3 is 2.25 bits per heavy atom. The summed E-state index contributed by atoms with van der Waals surface area (Å²) in [5, 5.41) is 0. The van der Waals surface area contributed by atoms with E-state index in [4.69, 9.17) is 10.5 Å². The number of primary amides is 1. The summed E-state index contributed by atoms with van der Waals surface area (Å²) in [7, 11) is 0. The maximum atomic E-state index is 10.5. The number of carbonyl (C=O) groups excluding carboxylic acids is 1. The van der Waals surface area contributed by atoms with E-state index < -0.39 is 6.09 Å². The van der Waals surface area contributed by atoms with Crippen LogP contribution >= 0.6 is 0 Å². The fraction of sp³-hybridized carbons (Fsp3) is 0.222. The molecule has 1 aromatic carbocycles. The Balaban J connectivity index is 3.04. The average Bonchev–Trinajstić information content (AvgIpc) is 1.97. The Morgan fingerprint density at radius 1 is 1.33 bits per heavy atom. The number of amides is 1. The molecule has 1 aromatic rings. The van der Waals surface area contributed by atoms with Crippen molar-refractivity contribution < 1.29 is 9.53 Å². The summed E-state index contributed by atoms with van der Waals surface area (Å²) in [5.74, 6) is 0.560. The normalized spacial score (nSPS) is 9.50. The summed E-state index contributed by atoms with van der Waals surface area (Å²) in [5.41, 5.74) is 6.72. The van der Waals surface area contributed by atoms with Crippen molar-refractivity contribution in [2.45, 2.75) is 13.8 Å². The molecular weight excluding hydrogens is 154 g/mol. The van der Waals surface area contributed by atoms with Gasteiger partial charge < -0.3 is 10.5 Å². The first-order valence-corrected chi connectivity index (χ1v) is 3.65. The zero-order chi connectivity index (χ0) is 9.14. The molecule has 1 amide bonds. The SMILES string of the molecule is Cc1cccc(C)c1OC(N)=O. The van der Waals surface area contributed by atoms with Crippen LogP contribution in [-0.4, -0.2) is 6.09 Å². The van der Waals surface area contributed by atoms with E-state index in [0.717, 1.165) is 11.1 Å². The van der Waals surface area contributed by atoms with Crippen LogP contribution in [0.15, 0.2) is 18.2 Å². The number of para-hydroxylation sites is 1. The number of nitrogens with two attached hydrogens (primary N) is 1. The summed E-state index contributed by atoms with van der Waals surface area (Å²) in [6.07, 6.45) is -0.771. The molecule has 3 heteroatoms. The van der Waals surface area contributed by atoms with Crippen LogP contribution in [-0.2, 0) is 0 Å². The van der Waals surface area contributed by atoms with Crippen LogP contribution in [0.4, 0.5) is 4.79 Å². The van der Waals surface area contributed by atoms with E-state index in [9.17, 15) is 4.79 Å². The molecule has 12 heavy (non-hydrogen) atoms. The maximum absolute atomic E-state index is 10.5. The van der Waals surface area contributed by atoms with E-state index in [1.54, 1.807) is 0 Å². The maximum Gasteiger partial charge on any atom is 0.409 e. The van der Waals surface area contributed by atoms with Crippen LogP contribution in [0, 0.1) is 13.8 Å². The first-order valence-electron chi connectivity index (χ1n) is 3.65. The molecule has 0 aromatic heterocycles. The minimum atomic E-state index is -0.771. The molecule has 0 saturated heterocycles. The molecule has 0 spiro atoms. The Kier molecular flexibility index (Phi) is 2.33. The number of rotatable bonds is 1. The van der Waals surface area contributed by atoms with Gasteiger partial charge in [0.2, 0.25) is 0 Å². The minimum Gasteiger partial charge on any atom is -0.410 e. The van der Waals surface area contributed by atoms with E-state index in [1.165, 1.54) is 0 Å². The van der Waals surface area contributed by atoms with E-state index in [-0.39, 0.29) is 0 Å². The molecule has 0 aliphatic heterocycles. The van der Waals surface area contributed by atoms with Gasteiger partial charge in [-0.15, -0.1) is 0 Å². The largest absolute Gasteiger partial charge is 0.410 e. The Morgan fingerprint density at radius 2 is 1.83 bits per heavy atom. The highest BCUT2D eigenvalue weighted by molar-refractivity contribution is 5.69. The zero-order valence-corrected chi connectivity index (χ0v) is 7.13. The molecule has 0 fully saturated rings. The number of hydrogen-bond donors (Lipinski definition) is 1. The van der Waals surface area contributed by atoms with Crippen LogP contribution in [0.5, 0.6) is 5.75 Å². The Labute approximate surface area is 71.1 Å². The van der Waals surface area contributed by atoms with Gasteiger partial charge in [0.05, 0.1) is 0 Å². The van der Waals surface area contributed by atoms with Gasteiger partial charge in [0.15, 0.2) is 0 Å². The second-order valence-corrected chi connectivity index (χ2v) is 2.64. The average molecular weight is 165 g/mol. The lowest BCUT2D eigenvalue weighted by molar-refractivity contribution is 0.210. The summed E-state index contributed by atoms with van der Waals surface area (Å²) >= 11 is 0. The van der Waals surface area contributed by atoms with Gasteiger partial charge >= 0.3 is 6.09 Å². The van der Waals surface area contributed by atoms with E-state index in [0.29, 0.717) is 5.75 Å². The molecule has 0 aliphatic rings. The Hall–Kier alpha value is -1.51. The van der Waals surface area contributed by atoms with Crippen LogP contribution in [0.1, 0.15) is 11.1 Å². The van der Waals surface area contributed by atoms with Gasteiger partial charge in [0.25, 0.3) is 0 Å². The third kappa shape index (κ3) is 1.75. The minimum absolute atomic E-state index is 0.560. The second kappa shape index (κ2) is 3.26. The van der Waals surface area contributed by atoms with Crippen molar-refractivity contribution in [1.82, 2.24) is 0 Å². The lowest BCUT2D eigenvalue weighted by Gasteiger charge is -2.07. The third-order valence-electron chi connectivity index (χ3n) is 1.61. The van der Waals surface area contributed by atoms with E-state index >= 15 is 0 Å². The third-order valence-corrected chi connectivity index (χ3v) is 1.61. The van der Waals surface area contributed by atoms with Gasteiger partial charge in [-0.1, -0.05) is 18.2 Å². The summed E-state index contributed by atoms with van der Waals surface area (Å²) in [6.45, 7) is 3.73. The van der Waals surface area contributed by atoms with Gasteiger partial charge in [-0.05, 0) is 25.0 Å². The van der Waals surface area contributed by atoms with Crippen LogP contribution < -0.4 is 10.5 Å². The van der Waals surface area contributed by atoms with Crippen molar-refractivity contribution in [2.24, 2.45) is 5.73 Å². The Bertz CT molecular complexity index is 287. The fourth-order valence-electron chi connectivity index (χ4n) is 1.06. The zero-order valence-electron chi connectivity index (χ0n) is 7.13. The van der Waals surface area contributed by atoms with Crippen molar-refractivity contribution in [3.05, 3.63) is 29.3 Å². The highest BCUT2D eigenvalue weighted by Gasteiger charge is 2.05. The number of carbonyl (C=O) groups is 1. The monoisotopic (exact) mass is 165 g/mol. The predicted molar refractivity (Wildman–Crippen MR) is 46.1 cm³/mol. The molecule has 0 saturated carbocycles. The predicted octanol–water partition coefficient (Wildman–Crippen LogP) is 1.76. The first-order chi connectivity index (χ1) is 5.61. The highest BCUT2D eigenvalue weighted by atomic mass is 16.5. The lowest BCUT2D eigenvalue weighted by atomic mass is 10.1. The molecule has 0 radical (unpaired) electrons. The van der Waals surface area contributed by atoms with Gasteiger partial charge in [-0.2, -0.15) is 0 Å². The summed E-state index contributed by atoms with van der Waals surface area (Å²) in [6, 6.07) is 5.63. The fourth-order valence-corrected chi connectivity index (χ4v) is 1.06. The molecule has 3 nitrogen and oxygen atoms in total. The number of benzene rings is 1. The number of hydrogen-bond acceptors (Lipinski definition) is 2. The van der Waals surface area contributed by atoms with Crippen LogP contribution in [0.25, 0.3) is 0 Å². The van der Waals surface area contributed by atoms with Gasteiger partial charge in [-0.25, -0.2) is 4.79 Å². The quantitative estimate of drug-likeness (QED) is 0.689. The van der Waals surface area contributed by atoms with Crippen molar-refractivity contribution >= 4 is 6.09 Å². The second-order valence-electron chi connectivity index (χ2n) is 2.64. The molecule has 0 aliphatic carbocycles. The van der Waals surface area contributed by atoms with Crippen molar-refractivity contribution in [3.8, 4) is 5.75 Å². The van der Waals surface area contributed by atoms with Crippen LogP contribution in [0.2, 0.25) is 0 Å². The van der Waals surface area contributed by atoms with Gasteiger partial charge in [-0.3, -0.25) is 0 Å². The number of ether oxygens (including phenoxy) is 1. The topological polar surface area (TPSA) is 52.3 Å². The summed E-state index contributed by atoms with van der Waals surface area (Å²) in [4.78, 5) is 10.5. The van der Waals surface area contributed by atoms with Crippen molar-refractivity contribution in [1.29, 1.82) is 0 Å². The molecular formula is C9H11NO2. The molecule has 64 valence electrons. The molecule has 0 bridgehead atoms. The molecule has 1 rings (SSSR count). The summed E-state index contributed by atoms with van der Waals surface area (Å²) < 4.78 is 4.81.